The molecule has 1 aromatic carbocycles. The van der Waals surface area contributed by atoms with E-state index < -0.39 is 0 Å². The summed E-state index contributed by atoms with van der Waals surface area (Å²) in [6.07, 6.45) is 0. The lowest BCUT2D eigenvalue weighted by Crippen LogP contribution is -2.13. The Balaban J connectivity index is 2.11. The minimum absolute atomic E-state index is 0.0472. The number of ketones is 1. The summed E-state index contributed by atoms with van der Waals surface area (Å²) >= 11 is 20.4. The average Bonchev–Trinajstić information content (AvgIpc) is 3.07. The van der Waals surface area contributed by atoms with Gasteiger partial charge in [0.25, 0.3) is 0 Å². The van der Waals surface area contributed by atoms with E-state index in [2.05, 4.69) is 5.10 Å². The zero-order valence-corrected chi connectivity index (χ0v) is 14.5. The Morgan fingerprint density at radius 2 is 1.91 bits per heavy atom. The first-order valence-corrected chi connectivity index (χ1v) is 8.68. The number of hydrogen-bond donors (Lipinski definition) is 1. The zero-order valence-electron chi connectivity index (χ0n) is 10.6. The fourth-order valence-corrected chi connectivity index (χ4v) is 4.22. The predicted octanol–water partition coefficient (Wildman–Crippen LogP) is 4.67. The fourth-order valence-electron chi connectivity index (χ4n) is 1.78. The molecule has 0 atom stereocenters. The summed E-state index contributed by atoms with van der Waals surface area (Å²) in [5.74, 6) is -0.228. The molecule has 0 unspecified atom stereocenters. The number of carbonyl (C=O) groups is 1. The Morgan fingerprint density at radius 3 is 2.50 bits per heavy atom. The van der Waals surface area contributed by atoms with Crippen molar-refractivity contribution in [2.24, 2.45) is 0 Å². The van der Waals surface area contributed by atoms with Crippen LogP contribution in [0.25, 0.3) is 5.69 Å². The number of hydrogen-bond acceptors (Lipinski definition) is 5. The molecule has 0 saturated carbocycles. The van der Waals surface area contributed by atoms with Crippen LogP contribution in [0.15, 0.2) is 29.6 Å². The Morgan fingerprint density at radius 1 is 1.23 bits per heavy atom. The SMILES string of the molecule is N=c1sc(C(=O)c2cccs2)nn1-c1c(Cl)cc(Cl)cc1Cl. The summed E-state index contributed by atoms with van der Waals surface area (Å²) in [7, 11) is 0. The van der Waals surface area contributed by atoms with Crippen LogP contribution in [0.3, 0.4) is 0 Å². The predicted molar refractivity (Wildman–Crippen MR) is 90.1 cm³/mol. The largest absolute Gasteiger partial charge is 0.285 e. The number of thiophene rings is 1. The van der Waals surface area contributed by atoms with Crippen molar-refractivity contribution in [1.82, 2.24) is 9.78 Å². The van der Waals surface area contributed by atoms with E-state index in [1.807, 2.05) is 5.38 Å². The molecule has 0 aliphatic rings. The molecule has 3 rings (SSSR count). The van der Waals surface area contributed by atoms with Gasteiger partial charge in [0.05, 0.1) is 14.9 Å². The zero-order chi connectivity index (χ0) is 15.9. The van der Waals surface area contributed by atoms with Gasteiger partial charge in [-0.05, 0) is 23.6 Å². The third-order valence-corrected chi connectivity index (χ3v) is 5.20. The lowest BCUT2D eigenvalue weighted by atomic mass is 10.3. The molecule has 0 aliphatic carbocycles. The van der Waals surface area contributed by atoms with Gasteiger partial charge in [0.15, 0.2) is 5.01 Å². The first kappa shape index (κ1) is 15.7. The van der Waals surface area contributed by atoms with Crippen molar-refractivity contribution in [2.45, 2.75) is 0 Å². The molecule has 2 aromatic heterocycles. The lowest BCUT2D eigenvalue weighted by Gasteiger charge is -2.06. The van der Waals surface area contributed by atoms with Crippen LogP contribution in [0.4, 0.5) is 0 Å². The number of carbonyl (C=O) groups excluding carboxylic acids is 1. The maximum Gasteiger partial charge on any atom is 0.233 e. The van der Waals surface area contributed by atoms with E-state index in [-0.39, 0.29) is 25.6 Å². The van der Waals surface area contributed by atoms with Crippen LogP contribution in [0.1, 0.15) is 14.7 Å². The summed E-state index contributed by atoms with van der Waals surface area (Å²) in [6, 6.07) is 6.52. The van der Waals surface area contributed by atoms with Gasteiger partial charge in [-0.1, -0.05) is 52.2 Å². The second-order valence-electron chi connectivity index (χ2n) is 4.15. The molecular weight excluding hydrogens is 385 g/mol. The molecule has 0 bridgehead atoms. The van der Waals surface area contributed by atoms with E-state index in [4.69, 9.17) is 40.2 Å². The van der Waals surface area contributed by atoms with E-state index in [0.29, 0.717) is 15.6 Å². The molecule has 0 fully saturated rings. The fraction of sp³-hybridized carbons (Fsp3) is 0. The topological polar surface area (TPSA) is 58.7 Å². The van der Waals surface area contributed by atoms with E-state index in [1.165, 1.54) is 28.2 Å². The van der Waals surface area contributed by atoms with Gasteiger partial charge in [0.1, 0.15) is 5.69 Å². The molecule has 0 saturated heterocycles. The van der Waals surface area contributed by atoms with Crippen molar-refractivity contribution in [2.75, 3.05) is 0 Å². The minimum atomic E-state index is -0.228. The number of nitrogens with one attached hydrogen (secondary N) is 1. The van der Waals surface area contributed by atoms with Gasteiger partial charge >= 0.3 is 0 Å². The molecule has 22 heavy (non-hydrogen) atoms. The Hall–Kier alpha value is -1.18. The standard InChI is InChI=1S/C13H6Cl3N3OS2/c14-6-4-7(15)10(8(16)5-6)19-13(17)22-12(18-19)11(20)9-2-1-3-21-9/h1-5,17H. The number of aromatic nitrogens is 2. The highest BCUT2D eigenvalue weighted by atomic mass is 35.5. The van der Waals surface area contributed by atoms with Gasteiger partial charge in [-0.2, -0.15) is 5.10 Å². The maximum absolute atomic E-state index is 12.3. The molecular formula is C13H6Cl3N3OS2. The van der Waals surface area contributed by atoms with E-state index in [9.17, 15) is 4.79 Å². The smallest absolute Gasteiger partial charge is 0.233 e. The van der Waals surface area contributed by atoms with Crippen molar-refractivity contribution in [1.29, 1.82) is 5.41 Å². The van der Waals surface area contributed by atoms with E-state index in [0.717, 1.165) is 11.3 Å². The maximum atomic E-state index is 12.3. The Kier molecular flexibility index (Phi) is 4.38. The van der Waals surface area contributed by atoms with Crippen molar-refractivity contribution in [3.63, 3.8) is 0 Å². The first-order chi connectivity index (χ1) is 10.5. The van der Waals surface area contributed by atoms with Crippen LogP contribution in [0.2, 0.25) is 15.1 Å². The summed E-state index contributed by atoms with van der Waals surface area (Å²) < 4.78 is 1.24. The number of halogens is 3. The monoisotopic (exact) mass is 389 g/mol. The van der Waals surface area contributed by atoms with Gasteiger partial charge in [0.2, 0.25) is 10.6 Å². The molecule has 3 aromatic rings. The molecule has 1 N–H and O–H groups in total. The van der Waals surface area contributed by atoms with Crippen molar-refractivity contribution < 1.29 is 4.79 Å². The van der Waals surface area contributed by atoms with Gasteiger partial charge in [-0.15, -0.1) is 11.3 Å². The van der Waals surface area contributed by atoms with E-state index >= 15 is 0 Å². The van der Waals surface area contributed by atoms with Gasteiger partial charge in [-0.25, -0.2) is 4.68 Å². The second-order valence-corrected chi connectivity index (χ2v) is 7.32. The molecule has 2 heterocycles. The van der Waals surface area contributed by atoms with Crippen LogP contribution in [-0.4, -0.2) is 15.6 Å². The van der Waals surface area contributed by atoms with Crippen LogP contribution >= 0.6 is 57.5 Å². The Bertz CT molecular complexity index is 892. The third kappa shape index (κ3) is 2.85. The molecule has 0 radical (unpaired) electrons. The molecule has 0 spiro atoms. The Labute approximate surface area is 148 Å². The molecule has 9 heteroatoms. The van der Waals surface area contributed by atoms with Gasteiger partial charge in [0, 0.05) is 5.02 Å². The van der Waals surface area contributed by atoms with E-state index in [1.54, 1.807) is 12.1 Å². The van der Waals surface area contributed by atoms with Crippen molar-refractivity contribution in [3.8, 4) is 5.69 Å². The van der Waals surface area contributed by atoms with Gasteiger partial charge < -0.3 is 0 Å². The summed E-state index contributed by atoms with van der Waals surface area (Å²) in [6.45, 7) is 0. The number of rotatable bonds is 3. The van der Waals surface area contributed by atoms with Crippen LogP contribution in [0, 0.1) is 5.41 Å². The minimum Gasteiger partial charge on any atom is -0.285 e. The lowest BCUT2D eigenvalue weighted by molar-refractivity contribution is 0.104. The number of benzene rings is 1. The van der Waals surface area contributed by atoms with Crippen LogP contribution in [0.5, 0.6) is 0 Å². The van der Waals surface area contributed by atoms with Crippen molar-refractivity contribution >= 4 is 63.3 Å². The quantitative estimate of drug-likeness (QED) is 0.661. The highest BCUT2D eigenvalue weighted by molar-refractivity contribution is 7.15. The van der Waals surface area contributed by atoms with Crippen LogP contribution < -0.4 is 4.80 Å². The van der Waals surface area contributed by atoms with Gasteiger partial charge in [-0.3, -0.25) is 10.2 Å². The molecule has 0 aliphatic heterocycles. The summed E-state index contributed by atoms with van der Waals surface area (Å²) in [5.41, 5.74) is 0.333. The molecule has 0 amide bonds. The molecule has 112 valence electrons. The van der Waals surface area contributed by atoms with Crippen molar-refractivity contribution in [3.05, 3.63) is 59.4 Å². The highest BCUT2D eigenvalue weighted by Gasteiger charge is 2.19. The average molecular weight is 391 g/mol. The number of nitrogens with zero attached hydrogens (tertiary/aromatic N) is 2. The summed E-state index contributed by atoms with van der Waals surface area (Å²) in [5, 5.41) is 15.1. The first-order valence-electron chi connectivity index (χ1n) is 5.85. The normalized spacial score (nSPS) is 10.9. The molecule has 4 nitrogen and oxygen atoms in total. The highest BCUT2D eigenvalue weighted by Crippen LogP contribution is 2.31. The second kappa shape index (κ2) is 6.14. The van der Waals surface area contributed by atoms with Crippen LogP contribution in [-0.2, 0) is 0 Å². The summed E-state index contributed by atoms with van der Waals surface area (Å²) in [4.78, 5) is 12.9. The third-order valence-electron chi connectivity index (χ3n) is 2.71.